The van der Waals surface area contributed by atoms with E-state index in [-0.39, 0.29) is 11.8 Å². The summed E-state index contributed by atoms with van der Waals surface area (Å²) in [4.78, 5) is 28.4. The average molecular weight is 352 g/mol. The molecule has 1 atom stereocenters. The van der Waals surface area contributed by atoms with E-state index >= 15 is 0 Å². The number of benzene rings is 2. The van der Waals surface area contributed by atoms with Crippen LogP contribution in [-0.4, -0.2) is 30.9 Å². The molecule has 26 heavy (non-hydrogen) atoms. The molecule has 1 aliphatic rings. The number of anilines is 2. The van der Waals surface area contributed by atoms with Crippen LogP contribution in [0.15, 0.2) is 48.5 Å². The number of quaternary nitrogens is 1. The van der Waals surface area contributed by atoms with Crippen molar-refractivity contribution in [1.82, 2.24) is 0 Å². The molecule has 5 nitrogen and oxygen atoms in total. The molecular weight excluding hydrogens is 326 g/mol. The lowest BCUT2D eigenvalue weighted by molar-refractivity contribution is -0.885. The molecule has 0 aromatic heterocycles. The Kier molecular flexibility index (Phi) is 4.83. The minimum Gasteiger partial charge on any atom is -0.326 e. The van der Waals surface area contributed by atoms with Crippen molar-refractivity contribution in [3.05, 3.63) is 59.7 Å². The van der Waals surface area contributed by atoms with E-state index in [9.17, 15) is 9.59 Å². The molecule has 0 spiro atoms. The Labute approximate surface area is 154 Å². The molecule has 0 saturated carbocycles. The SMILES string of the molecule is Cc1ccccc1C[NH+](C)CC(=O)N1c2ccccc2NC(=O)C1(C)C. The molecule has 1 unspecified atom stereocenters. The Balaban J connectivity index is 1.82. The van der Waals surface area contributed by atoms with Gasteiger partial charge in [0.05, 0.1) is 18.4 Å². The zero-order chi connectivity index (χ0) is 18.9. The van der Waals surface area contributed by atoms with Crippen molar-refractivity contribution in [2.45, 2.75) is 32.9 Å². The average Bonchev–Trinajstić information content (AvgIpc) is 2.57. The number of amides is 2. The smallest absolute Gasteiger partial charge is 0.283 e. The van der Waals surface area contributed by atoms with Crippen LogP contribution in [0.1, 0.15) is 25.0 Å². The highest BCUT2D eigenvalue weighted by atomic mass is 16.2. The molecule has 0 fully saturated rings. The van der Waals surface area contributed by atoms with E-state index in [1.54, 1.807) is 18.7 Å². The van der Waals surface area contributed by atoms with Gasteiger partial charge in [0.2, 0.25) is 5.91 Å². The Hall–Kier alpha value is -2.66. The van der Waals surface area contributed by atoms with Crippen LogP contribution in [-0.2, 0) is 16.1 Å². The molecule has 0 saturated heterocycles. The van der Waals surface area contributed by atoms with Crippen molar-refractivity contribution in [2.75, 3.05) is 23.8 Å². The molecule has 0 bridgehead atoms. The molecule has 2 amide bonds. The van der Waals surface area contributed by atoms with Gasteiger partial charge in [-0.3, -0.25) is 14.5 Å². The number of fused-ring (bicyclic) bond motifs is 1. The maximum atomic E-state index is 13.1. The molecule has 1 heterocycles. The van der Waals surface area contributed by atoms with E-state index < -0.39 is 5.54 Å². The fraction of sp³-hybridized carbons (Fsp3) is 0.333. The van der Waals surface area contributed by atoms with Crippen molar-refractivity contribution >= 4 is 23.2 Å². The third-order valence-electron chi connectivity index (χ3n) is 4.96. The fourth-order valence-corrected chi connectivity index (χ4v) is 3.43. The van der Waals surface area contributed by atoms with Gasteiger partial charge in [-0.25, -0.2) is 0 Å². The molecule has 5 heteroatoms. The van der Waals surface area contributed by atoms with Gasteiger partial charge in [-0.15, -0.1) is 0 Å². The van der Waals surface area contributed by atoms with Crippen LogP contribution >= 0.6 is 0 Å². The van der Waals surface area contributed by atoms with Crippen molar-refractivity contribution < 1.29 is 14.5 Å². The number of hydrogen-bond donors (Lipinski definition) is 2. The minimum atomic E-state index is -0.922. The second kappa shape index (κ2) is 6.92. The largest absolute Gasteiger partial charge is 0.326 e. The molecule has 1 aliphatic heterocycles. The van der Waals surface area contributed by atoms with Gasteiger partial charge in [0.25, 0.3) is 5.91 Å². The van der Waals surface area contributed by atoms with Crippen molar-refractivity contribution in [1.29, 1.82) is 0 Å². The van der Waals surface area contributed by atoms with Crippen molar-refractivity contribution in [3.63, 3.8) is 0 Å². The first-order valence-electron chi connectivity index (χ1n) is 8.90. The number of aryl methyl sites for hydroxylation is 1. The third kappa shape index (κ3) is 3.35. The normalized spacial score (nSPS) is 16.6. The standard InChI is InChI=1S/C21H25N3O2/c1-15-9-5-6-10-16(15)13-23(4)14-19(25)24-18-12-8-7-11-17(18)22-20(26)21(24,2)3/h5-12H,13-14H2,1-4H3,(H,22,26)/p+1. The number of carbonyl (C=O) groups is 2. The first kappa shape index (κ1) is 18.1. The van der Waals surface area contributed by atoms with E-state index in [1.807, 2.05) is 43.4 Å². The summed E-state index contributed by atoms with van der Waals surface area (Å²) in [6, 6.07) is 15.7. The molecule has 0 aliphatic carbocycles. The lowest BCUT2D eigenvalue weighted by Gasteiger charge is -2.42. The van der Waals surface area contributed by atoms with Crippen LogP contribution in [0.2, 0.25) is 0 Å². The van der Waals surface area contributed by atoms with Crippen molar-refractivity contribution in [2.24, 2.45) is 0 Å². The lowest BCUT2D eigenvalue weighted by Crippen LogP contribution is -3.09. The van der Waals surface area contributed by atoms with Crippen LogP contribution in [0.3, 0.4) is 0 Å². The maximum Gasteiger partial charge on any atom is 0.283 e. The number of likely N-dealkylation sites (N-methyl/N-ethyl adjacent to an activating group) is 1. The number of para-hydroxylation sites is 2. The molecular formula is C21H26N3O2+. The van der Waals surface area contributed by atoms with Crippen LogP contribution in [0.25, 0.3) is 0 Å². The maximum absolute atomic E-state index is 13.1. The topological polar surface area (TPSA) is 53.9 Å². The summed E-state index contributed by atoms with van der Waals surface area (Å²) < 4.78 is 0. The molecule has 2 aromatic rings. The third-order valence-corrected chi connectivity index (χ3v) is 4.96. The predicted octanol–water partition coefficient (Wildman–Crippen LogP) is 1.77. The fourth-order valence-electron chi connectivity index (χ4n) is 3.43. The summed E-state index contributed by atoms with van der Waals surface area (Å²) >= 11 is 0. The van der Waals surface area contributed by atoms with Gasteiger partial charge in [0.1, 0.15) is 12.1 Å². The van der Waals surface area contributed by atoms with Gasteiger partial charge < -0.3 is 10.2 Å². The zero-order valence-electron chi connectivity index (χ0n) is 15.8. The molecule has 0 radical (unpaired) electrons. The van der Waals surface area contributed by atoms with Gasteiger partial charge in [-0.05, 0) is 38.5 Å². The highest BCUT2D eigenvalue weighted by Crippen LogP contribution is 2.36. The second-order valence-electron chi connectivity index (χ2n) is 7.50. The molecule has 2 N–H and O–H groups in total. The zero-order valence-corrected chi connectivity index (χ0v) is 15.8. The highest BCUT2D eigenvalue weighted by Gasteiger charge is 2.44. The number of rotatable bonds is 4. The number of nitrogens with zero attached hydrogens (tertiary/aromatic N) is 1. The number of nitrogens with one attached hydrogen (secondary N) is 2. The molecule has 136 valence electrons. The van der Waals surface area contributed by atoms with Gasteiger partial charge in [0, 0.05) is 5.56 Å². The summed E-state index contributed by atoms with van der Waals surface area (Å²) in [7, 11) is 2.01. The van der Waals surface area contributed by atoms with Crippen LogP contribution in [0, 0.1) is 6.92 Å². The van der Waals surface area contributed by atoms with Crippen LogP contribution in [0.4, 0.5) is 11.4 Å². The Morgan fingerprint density at radius 2 is 1.77 bits per heavy atom. The summed E-state index contributed by atoms with van der Waals surface area (Å²) in [5.74, 6) is -0.218. The van der Waals surface area contributed by atoms with E-state index in [4.69, 9.17) is 0 Å². The Morgan fingerprint density at radius 3 is 2.50 bits per heavy atom. The van der Waals surface area contributed by atoms with Crippen molar-refractivity contribution in [3.8, 4) is 0 Å². The second-order valence-corrected chi connectivity index (χ2v) is 7.50. The molecule has 3 rings (SSSR count). The summed E-state index contributed by atoms with van der Waals surface area (Å²) in [6.07, 6.45) is 0. The Morgan fingerprint density at radius 1 is 1.12 bits per heavy atom. The van der Waals surface area contributed by atoms with Crippen LogP contribution < -0.4 is 15.1 Å². The number of hydrogen-bond acceptors (Lipinski definition) is 2. The quantitative estimate of drug-likeness (QED) is 0.881. The van der Waals surface area contributed by atoms with E-state index in [2.05, 4.69) is 24.4 Å². The first-order valence-corrected chi connectivity index (χ1v) is 8.90. The Bertz CT molecular complexity index is 845. The van der Waals surface area contributed by atoms with Gasteiger partial charge in [-0.1, -0.05) is 36.4 Å². The summed E-state index contributed by atoms with van der Waals surface area (Å²) in [5, 5.41) is 2.90. The van der Waals surface area contributed by atoms with E-state index in [1.165, 1.54) is 11.1 Å². The lowest BCUT2D eigenvalue weighted by atomic mass is 9.96. The predicted molar refractivity (Wildman–Crippen MR) is 103 cm³/mol. The summed E-state index contributed by atoms with van der Waals surface area (Å²) in [5.41, 5.74) is 2.97. The van der Waals surface area contributed by atoms with Gasteiger partial charge >= 0.3 is 0 Å². The van der Waals surface area contributed by atoms with Crippen LogP contribution in [0.5, 0.6) is 0 Å². The van der Waals surface area contributed by atoms with E-state index in [0.717, 1.165) is 17.1 Å². The minimum absolute atomic E-state index is 0.0524. The summed E-state index contributed by atoms with van der Waals surface area (Å²) in [6.45, 7) is 6.73. The van der Waals surface area contributed by atoms with E-state index in [0.29, 0.717) is 12.2 Å². The highest BCUT2D eigenvalue weighted by molar-refractivity contribution is 6.14. The van der Waals surface area contributed by atoms with Gasteiger partial charge in [0.15, 0.2) is 6.54 Å². The number of carbonyl (C=O) groups excluding carboxylic acids is 2. The first-order chi connectivity index (χ1) is 12.3. The molecule has 2 aromatic carbocycles. The monoisotopic (exact) mass is 352 g/mol. The van der Waals surface area contributed by atoms with Gasteiger partial charge in [-0.2, -0.15) is 0 Å².